The molecule has 32 heavy (non-hydrogen) atoms. The average Bonchev–Trinajstić information content (AvgIpc) is 3.03. The average molecular weight is 473 g/mol. The highest BCUT2D eigenvalue weighted by molar-refractivity contribution is 6.31. The lowest BCUT2D eigenvalue weighted by Crippen LogP contribution is -2.36. The molecule has 0 radical (unpaired) electrons. The largest absolute Gasteiger partial charge is 0.467 e. The highest BCUT2D eigenvalue weighted by atomic mass is 35.5. The topological polar surface area (TPSA) is 105 Å². The molecular weight excluding hydrogens is 453 g/mol. The minimum absolute atomic E-state index is 0.0484. The number of aliphatic hydroxyl groups is 1. The molecule has 1 aliphatic rings. The molecule has 12 heteroatoms. The molecule has 3 heterocycles. The molecule has 2 aromatic rings. The van der Waals surface area contributed by atoms with Crippen molar-refractivity contribution in [1.82, 2.24) is 20.2 Å². The maximum absolute atomic E-state index is 12.8. The van der Waals surface area contributed by atoms with Crippen molar-refractivity contribution in [3.05, 3.63) is 51.9 Å². The van der Waals surface area contributed by atoms with Crippen LogP contribution in [0.2, 0.25) is 5.02 Å². The number of ether oxygens (including phenoxy) is 1. The number of halogens is 4. The smallest absolute Gasteiger partial charge is 0.422 e. The van der Waals surface area contributed by atoms with Crippen LogP contribution in [0.5, 0.6) is 5.88 Å². The van der Waals surface area contributed by atoms with E-state index in [1.54, 1.807) is 13.0 Å². The Morgan fingerprint density at radius 3 is 2.81 bits per heavy atom. The van der Waals surface area contributed by atoms with E-state index in [1.807, 2.05) is 0 Å². The fourth-order valence-corrected chi connectivity index (χ4v) is 3.42. The molecule has 172 valence electrons. The number of fused-ring (bicyclic) bond motifs is 1. The van der Waals surface area contributed by atoms with Crippen LogP contribution in [0.15, 0.2) is 24.5 Å². The zero-order valence-corrected chi connectivity index (χ0v) is 17.7. The Labute approximate surface area is 186 Å². The first kappa shape index (κ1) is 23.7. The predicted molar refractivity (Wildman–Crippen MR) is 107 cm³/mol. The molecule has 0 saturated heterocycles. The lowest BCUT2D eigenvalue weighted by atomic mass is 10.1. The molecule has 1 atom stereocenters. The Bertz CT molecular complexity index is 1020. The van der Waals surface area contributed by atoms with Crippen LogP contribution >= 0.6 is 11.6 Å². The van der Waals surface area contributed by atoms with E-state index in [9.17, 15) is 22.8 Å². The van der Waals surface area contributed by atoms with Gasteiger partial charge in [0.25, 0.3) is 5.91 Å². The first-order valence-electron chi connectivity index (χ1n) is 9.57. The highest BCUT2D eigenvalue weighted by Gasteiger charge is 2.31. The maximum Gasteiger partial charge on any atom is 0.422 e. The molecule has 0 aromatic carbocycles. The summed E-state index contributed by atoms with van der Waals surface area (Å²) in [5.41, 5.74) is 1.99. The van der Waals surface area contributed by atoms with Gasteiger partial charge in [0.1, 0.15) is 5.02 Å². The van der Waals surface area contributed by atoms with Crippen LogP contribution in [0, 0.1) is 0 Å². The monoisotopic (exact) mass is 472 g/mol. The van der Waals surface area contributed by atoms with Crippen molar-refractivity contribution in [2.75, 3.05) is 13.2 Å². The molecule has 0 bridgehead atoms. The Hall–Kier alpha value is -2.92. The van der Waals surface area contributed by atoms with E-state index in [-0.39, 0.29) is 48.8 Å². The standard InChI is InChI=1S/C20H20ClF3N4O4/c1-11(9-29)27-17(30)5-16-14-8-28(19(31)13(14)2-3-25-16)7-12-4-15(21)18(26-6-12)32-10-20(22,23)24/h2-4,6,11,29H,5,7-10H2,1H3,(H,27,30)/t11-/m0/s1. The molecule has 2 N–H and O–H groups in total. The van der Waals surface area contributed by atoms with E-state index in [0.29, 0.717) is 22.4 Å². The van der Waals surface area contributed by atoms with Gasteiger partial charge in [0.05, 0.1) is 18.7 Å². The summed E-state index contributed by atoms with van der Waals surface area (Å²) >= 11 is 5.97. The summed E-state index contributed by atoms with van der Waals surface area (Å²) < 4.78 is 41.5. The quantitative estimate of drug-likeness (QED) is 0.610. The second-order valence-corrected chi connectivity index (χ2v) is 7.71. The Morgan fingerprint density at radius 1 is 1.41 bits per heavy atom. The third-order valence-electron chi connectivity index (χ3n) is 4.63. The zero-order chi connectivity index (χ0) is 23.5. The van der Waals surface area contributed by atoms with E-state index < -0.39 is 18.8 Å². The SMILES string of the molecule is C[C@@H](CO)NC(=O)Cc1nccc2c1CN(Cc1cnc(OCC(F)(F)F)c(Cl)c1)C2=O. The van der Waals surface area contributed by atoms with Gasteiger partial charge in [-0.05, 0) is 24.6 Å². The van der Waals surface area contributed by atoms with Crippen LogP contribution in [-0.4, -0.2) is 57.2 Å². The van der Waals surface area contributed by atoms with Crippen molar-refractivity contribution in [2.45, 2.75) is 38.7 Å². The van der Waals surface area contributed by atoms with Gasteiger partial charge in [-0.25, -0.2) is 4.98 Å². The molecule has 0 spiro atoms. The minimum atomic E-state index is -4.52. The highest BCUT2D eigenvalue weighted by Crippen LogP contribution is 2.29. The van der Waals surface area contributed by atoms with Gasteiger partial charge < -0.3 is 20.1 Å². The fourth-order valence-electron chi connectivity index (χ4n) is 3.18. The second-order valence-electron chi connectivity index (χ2n) is 7.31. The second kappa shape index (κ2) is 9.70. The van der Waals surface area contributed by atoms with Crippen LogP contribution in [-0.2, 0) is 24.3 Å². The van der Waals surface area contributed by atoms with Gasteiger partial charge in [-0.2, -0.15) is 13.2 Å². The van der Waals surface area contributed by atoms with Crippen molar-refractivity contribution in [3.63, 3.8) is 0 Å². The number of rotatable bonds is 8. The van der Waals surface area contributed by atoms with Crippen LogP contribution in [0.4, 0.5) is 13.2 Å². The summed E-state index contributed by atoms with van der Waals surface area (Å²) in [5, 5.41) is 11.6. The summed E-state index contributed by atoms with van der Waals surface area (Å²) in [7, 11) is 0. The summed E-state index contributed by atoms with van der Waals surface area (Å²) in [5.74, 6) is -0.955. The molecule has 3 rings (SSSR count). The number of carbonyl (C=O) groups is 2. The van der Waals surface area contributed by atoms with E-state index in [0.717, 1.165) is 0 Å². The molecule has 0 unspecified atom stereocenters. The van der Waals surface area contributed by atoms with Crippen molar-refractivity contribution in [3.8, 4) is 5.88 Å². The summed E-state index contributed by atoms with van der Waals surface area (Å²) in [6.45, 7) is 0.246. The Morgan fingerprint density at radius 2 is 2.16 bits per heavy atom. The predicted octanol–water partition coefficient (Wildman–Crippen LogP) is 2.27. The van der Waals surface area contributed by atoms with Gasteiger partial charge in [-0.15, -0.1) is 0 Å². The Balaban J connectivity index is 1.69. The first-order chi connectivity index (χ1) is 15.1. The maximum atomic E-state index is 12.8. The molecular formula is C20H20ClF3N4O4. The molecule has 0 saturated carbocycles. The van der Waals surface area contributed by atoms with Crippen molar-refractivity contribution in [1.29, 1.82) is 0 Å². The third kappa shape index (κ3) is 5.86. The first-order valence-corrected chi connectivity index (χ1v) is 9.95. The van der Waals surface area contributed by atoms with Gasteiger partial charge in [0.15, 0.2) is 6.61 Å². The van der Waals surface area contributed by atoms with Crippen molar-refractivity contribution in [2.24, 2.45) is 0 Å². The van der Waals surface area contributed by atoms with Gasteiger partial charge in [0.2, 0.25) is 11.8 Å². The number of aliphatic hydroxyl groups excluding tert-OH is 1. The lowest BCUT2D eigenvalue weighted by Gasteiger charge is -2.16. The van der Waals surface area contributed by atoms with Crippen molar-refractivity contribution < 1.29 is 32.6 Å². The number of carbonyl (C=O) groups excluding carboxylic acids is 2. The van der Waals surface area contributed by atoms with Crippen LogP contribution < -0.4 is 10.1 Å². The third-order valence-corrected chi connectivity index (χ3v) is 4.90. The summed E-state index contributed by atoms with van der Waals surface area (Å²) in [6, 6.07) is 2.55. The number of hydrogen-bond donors (Lipinski definition) is 2. The number of aromatic nitrogens is 2. The zero-order valence-electron chi connectivity index (χ0n) is 16.9. The van der Waals surface area contributed by atoms with E-state index in [2.05, 4.69) is 20.0 Å². The molecule has 0 aliphatic carbocycles. The van der Waals surface area contributed by atoms with Crippen LogP contribution in [0.1, 0.15) is 34.1 Å². The van der Waals surface area contributed by atoms with Crippen molar-refractivity contribution >= 4 is 23.4 Å². The minimum Gasteiger partial charge on any atom is -0.467 e. The lowest BCUT2D eigenvalue weighted by molar-refractivity contribution is -0.154. The van der Waals surface area contributed by atoms with Crippen LogP contribution in [0.3, 0.4) is 0 Å². The van der Waals surface area contributed by atoms with E-state index in [1.165, 1.54) is 23.4 Å². The summed E-state index contributed by atoms with van der Waals surface area (Å²) in [6.07, 6.45) is -1.83. The number of hydrogen-bond acceptors (Lipinski definition) is 6. The number of nitrogens with one attached hydrogen (secondary N) is 1. The number of amides is 2. The number of nitrogens with zero attached hydrogens (tertiary/aromatic N) is 3. The van der Waals surface area contributed by atoms with Gasteiger partial charge in [0, 0.05) is 42.7 Å². The number of alkyl halides is 3. The Kier molecular flexibility index (Phi) is 7.19. The van der Waals surface area contributed by atoms with Gasteiger partial charge in [-0.1, -0.05) is 11.6 Å². The molecule has 2 aromatic heterocycles. The van der Waals surface area contributed by atoms with E-state index in [4.69, 9.17) is 16.7 Å². The molecule has 2 amide bonds. The van der Waals surface area contributed by atoms with Gasteiger partial charge in [-0.3, -0.25) is 14.6 Å². The number of pyridine rings is 2. The molecule has 1 aliphatic heterocycles. The fraction of sp³-hybridized carbons (Fsp3) is 0.400. The van der Waals surface area contributed by atoms with Gasteiger partial charge >= 0.3 is 6.18 Å². The van der Waals surface area contributed by atoms with E-state index >= 15 is 0 Å². The molecule has 0 fully saturated rings. The summed E-state index contributed by atoms with van der Waals surface area (Å²) in [4.78, 5) is 34.5. The normalized spacial score (nSPS) is 14.3. The molecule has 8 nitrogen and oxygen atoms in total. The van der Waals surface area contributed by atoms with Crippen LogP contribution in [0.25, 0.3) is 0 Å².